The Morgan fingerprint density at radius 3 is 2.84 bits per heavy atom. The van der Waals surface area contributed by atoms with E-state index in [-0.39, 0.29) is 0 Å². The van der Waals surface area contributed by atoms with Crippen LogP contribution in [-0.2, 0) is 6.54 Å². The van der Waals surface area contributed by atoms with Crippen LogP contribution in [0.3, 0.4) is 0 Å². The molecular weight excluding hydrogens is 252 g/mol. The first-order valence-corrected chi connectivity index (χ1v) is 8.50. The molecule has 2 rings (SSSR count). The van der Waals surface area contributed by atoms with Gasteiger partial charge in [0.1, 0.15) is 0 Å². The minimum Gasteiger partial charge on any atom is -0.316 e. The summed E-state index contributed by atoms with van der Waals surface area (Å²) in [5, 5.41) is 5.79. The Balaban J connectivity index is 2.02. The third-order valence-electron chi connectivity index (χ3n) is 4.52. The molecule has 2 nitrogen and oxygen atoms in total. The summed E-state index contributed by atoms with van der Waals surface area (Å²) in [4.78, 5) is 4.14. The Morgan fingerprint density at radius 2 is 2.32 bits per heavy atom. The maximum absolute atomic E-state index is 3.61. The van der Waals surface area contributed by atoms with E-state index >= 15 is 0 Å². The third kappa shape index (κ3) is 4.04. The number of hydrogen-bond acceptors (Lipinski definition) is 3. The molecule has 1 aromatic heterocycles. The third-order valence-corrected chi connectivity index (χ3v) is 5.38. The van der Waals surface area contributed by atoms with Crippen molar-refractivity contribution in [2.45, 2.75) is 52.6 Å². The topological polar surface area (TPSA) is 15.3 Å². The van der Waals surface area contributed by atoms with E-state index in [1.807, 2.05) is 11.3 Å². The molecule has 1 saturated heterocycles. The van der Waals surface area contributed by atoms with Gasteiger partial charge in [-0.3, -0.25) is 4.90 Å². The number of hydrogen-bond donors (Lipinski definition) is 1. The van der Waals surface area contributed by atoms with Crippen molar-refractivity contribution in [3.8, 4) is 0 Å². The second kappa shape index (κ2) is 6.87. The Hall–Kier alpha value is -0.380. The van der Waals surface area contributed by atoms with Crippen molar-refractivity contribution in [1.82, 2.24) is 10.2 Å². The van der Waals surface area contributed by atoms with Crippen LogP contribution in [0.15, 0.2) is 17.5 Å². The Kier molecular flexibility index (Phi) is 5.43. The smallest absolute Gasteiger partial charge is 0.0330 e. The highest BCUT2D eigenvalue weighted by Gasteiger charge is 2.32. The summed E-state index contributed by atoms with van der Waals surface area (Å²) in [7, 11) is 0. The van der Waals surface area contributed by atoms with Gasteiger partial charge in [0.2, 0.25) is 0 Å². The van der Waals surface area contributed by atoms with Gasteiger partial charge in [-0.1, -0.05) is 13.0 Å². The largest absolute Gasteiger partial charge is 0.316 e. The number of nitrogens with zero attached hydrogens (tertiary/aromatic N) is 1. The normalized spacial score (nSPS) is 24.3. The SMILES string of the molecule is CCC1(CN(Cc2cccs2)C(C)C)CCCNC1. The highest BCUT2D eigenvalue weighted by atomic mass is 32.1. The number of thiophene rings is 1. The second-order valence-corrected chi connectivity index (χ2v) is 7.24. The van der Waals surface area contributed by atoms with E-state index in [1.165, 1.54) is 43.8 Å². The van der Waals surface area contributed by atoms with Crippen molar-refractivity contribution >= 4 is 11.3 Å². The molecule has 1 unspecified atom stereocenters. The molecule has 19 heavy (non-hydrogen) atoms. The van der Waals surface area contributed by atoms with Crippen molar-refractivity contribution < 1.29 is 0 Å². The molecule has 0 radical (unpaired) electrons. The van der Waals surface area contributed by atoms with E-state index in [9.17, 15) is 0 Å². The standard InChI is InChI=1S/C16H28N2S/c1-4-16(8-6-9-17-12-16)13-18(14(2)3)11-15-7-5-10-19-15/h5,7,10,14,17H,4,6,8-9,11-13H2,1-3H3. The second-order valence-electron chi connectivity index (χ2n) is 6.21. The van der Waals surface area contributed by atoms with Gasteiger partial charge in [-0.05, 0) is 56.5 Å². The van der Waals surface area contributed by atoms with E-state index < -0.39 is 0 Å². The number of piperidine rings is 1. The van der Waals surface area contributed by atoms with Crippen LogP contribution in [0, 0.1) is 5.41 Å². The molecule has 0 aromatic carbocycles. The first kappa shape index (κ1) is 15.0. The monoisotopic (exact) mass is 280 g/mol. The van der Waals surface area contributed by atoms with Gasteiger partial charge >= 0.3 is 0 Å². The van der Waals surface area contributed by atoms with Crippen LogP contribution in [-0.4, -0.2) is 30.6 Å². The van der Waals surface area contributed by atoms with Crippen LogP contribution < -0.4 is 5.32 Å². The van der Waals surface area contributed by atoms with Gasteiger partial charge in [-0.15, -0.1) is 11.3 Å². The first-order valence-electron chi connectivity index (χ1n) is 7.62. The van der Waals surface area contributed by atoms with Gasteiger partial charge in [-0.25, -0.2) is 0 Å². The molecule has 1 N–H and O–H groups in total. The zero-order valence-electron chi connectivity index (χ0n) is 12.6. The van der Waals surface area contributed by atoms with Crippen LogP contribution >= 0.6 is 11.3 Å². The lowest BCUT2D eigenvalue weighted by Gasteiger charge is -2.42. The fraction of sp³-hybridized carbons (Fsp3) is 0.750. The summed E-state index contributed by atoms with van der Waals surface area (Å²) in [5.41, 5.74) is 0.486. The molecule has 1 aromatic rings. The van der Waals surface area contributed by atoms with Gasteiger partial charge in [0.05, 0.1) is 0 Å². The van der Waals surface area contributed by atoms with Gasteiger partial charge in [0.25, 0.3) is 0 Å². The summed E-state index contributed by atoms with van der Waals surface area (Å²) in [6.07, 6.45) is 4.00. The van der Waals surface area contributed by atoms with Gasteiger partial charge < -0.3 is 5.32 Å². The summed E-state index contributed by atoms with van der Waals surface area (Å²) >= 11 is 1.88. The predicted octanol–water partition coefficient (Wildman–Crippen LogP) is 3.74. The van der Waals surface area contributed by atoms with Gasteiger partial charge in [0, 0.05) is 30.6 Å². The minimum atomic E-state index is 0.486. The lowest BCUT2D eigenvalue weighted by molar-refractivity contribution is 0.0867. The molecular formula is C16H28N2S. The first-order chi connectivity index (χ1) is 9.15. The Bertz CT molecular complexity index is 353. The number of rotatable bonds is 6. The quantitative estimate of drug-likeness (QED) is 0.854. The average molecular weight is 280 g/mol. The molecule has 108 valence electrons. The predicted molar refractivity (Wildman–Crippen MR) is 84.7 cm³/mol. The van der Waals surface area contributed by atoms with Crippen molar-refractivity contribution in [3.63, 3.8) is 0 Å². The fourth-order valence-electron chi connectivity index (χ4n) is 3.03. The van der Waals surface area contributed by atoms with Crippen molar-refractivity contribution in [3.05, 3.63) is 22.4 Å². The lowest BCUT2D eigenvalue weighted by Crippen LogP contribution is -2.48. The summed E-state index contributed by atoms with van der Waals surface area (Å²) in [6, 6.07) is 5.04. The molecule has 1 aliphatic heterocycles. The van der Waals surface area contributed by atoms with E-state index in [4.69, 9.17) is 0 Å². The maximum atomic E-state index is 3.61. The van der Waals surface area contributed by atoms with Crippen molar-refractivity contribution in [1.29, 1.82) is 0 Å². The van der Waals surface area contributed by atoms with Gasteiger partial charge in [-0.2, -0.15) is 0 Å². The fourth-order valence-corrected chi connectivity index (χ4v) is 3.76. The summed E-state index contributed by atoms with van der Waals surface area (Å²) < 4.78 is 0. The Morgan fingerprint density at radius 1 is 1.47 bits per heavy atom. The van der Waals surface area contributed by atoms with E-state index in [1.54, 1.807) is 0 Å². The van der Waals surface area contributed by atoms with E-state index in [0.29, 0.717) is 11.5 Å². The summed E-state index contributed by atoms with van der Waals surface area (Å²) in [5.74, 6) is 0. The molecule has 0 aliphatic carbocycles. The minimum absolute atomic E-state index is 0.486. The molecule has 0 spiro atoms. The molecule has 1 aliphatic rings. The van der Waals surface area contributed by atoms with Crippen LogP contribution in [0.1, 0.15) is 44.9 Å². The van der Waals surface area contributed by atoms with Crippen molar-refractivity contribution in [2.75, 3.05) is 19.6 Å². The highest BCUT2D eigenvalue weighted by molar-refractivity contribution is 7.09. The molecule has 1 fully saturated rings. The molecule has 3 heteroatoms. The number of nitrogens with one attached hydrogen (secondary N) is 1. The maximum Gasteiger partial charge on any atom is 0.0330 e. The molecule has 1 atom stereocenters. The van der Waals surface area contributed by atoms with Crippen LogP contribution in [0.5, 0.6) is 0 Å². The Labute approximate surface area is 122 Å². The highest BCUT2D eigenvalue weighted by Crippen LogP contribution is 2.32. The van der Waals surface area contributed by atoms with Crippen LogP contribution in [0.25, 0.3) is 0 Å². The van der Waals surface area contributed by atoms with Crippen LogP contribution in [0.4, 0.5) is 0 Å². The van der Waals surface area contributed by atoms with Gasteiger partial charge in [0.15, 0.2) is 0 Å². The average Bonchev–Trinajstić information content (AvgIpc) is 2.92. The zero-order valence-corrected chi connectivity index (χ0v) is 13.4. The molecule has 0 amide bonds. The summed E-state index contributed by atoms with van der Waals surface area (Å²) in [6.45, 7) is 11.7. The van der Waals surface area contributed by atoms with E-state index in [0.717, 1.165) is 6.54 Å². The zero-order chi connectivity index (χ0) is 13.7. The van der Waals surface area contributed by atoms with Crippen molar-refractivity contribution in [2.24, 2.45) is 5.41 Å². The molecule has 0 saturated carbocycles. The van der Waals surface area contributed by atoms with Crippen LogP contribution in [0.2, 0.25) is 0 Å². The molecule has 2 heterocycles. The lowest BCUT2D eigenvalue weighted by atomic mass is 9.77. The molecule has 0 bridgehead atoms. The van der Waals surface area contributed by atoms with E-state index in [2.05, 4.69) is 48.5 Å².